The smallest absolute Gasteiger partial charge is 0.321 e. The maximum Gasteiger partial charge on any atom is 0.329 e. The van der Waals surface area contributed by atoms with E-state index in [4.69, 9.17) is 23.2 Å². The summed E-state index contributed by atoms with van der Waals surface area (Å²) in [6.07, 6.45) is 0. The van der Waals surface area contributed by atoms with Gasteiger partial charge in [0.2, 0.25) is 0 Å². The van der Waals surface area contributed by atoms with Crippen molar-refractivity contribution in [2.75, 3.05) is 18.0 Å². The van der Waals surface area contributed by atoms with Crippen LogP contribution in [-0.2, 0) is 11.3 Å². The summed E-state index contributed by atoms with van der Waals surface area (Å²) in [6, 6.07) is 23.4. The second-order valence-electron chi connectivity index (χ2n) is 8.61. The first kappa shape index (κ1) is 22.4. The molecule has 1 N–H and O–H groups in total. The van der Waals surface area contributed by atoms with Crippen molar-refractivity contribution < 1.29 is 9.59 Å². The molecule has 2 aliphatic rings. The summed E-state index contributed by atoms with van der Waals surface area (Å²) in [5, 5.41) is 12.9. The lowest BCUT2D eigenvalue weighted by Crippen LogP contribution is -2.53. The van der Waals surface area contributed by atoms with Gasteiger partial charge in [-0.05, 0) is 41.5 Å². The van der Waals surface area contributed by atoms with Crippen LogP contribution in [0.1, 0.15) is 22.6 Å². The number of anilines is 1. The number of halogens is 2. The van der Waals surface area contributed by atoms with Crippen LogP contribution in [-0.4, -0.2) is 35.5 Å². The van der Waals surface area contributed by atoms with E-state index in [9.17, 15) is 14.9 Å². The van der Waals surface area contributed by atoms with Gasteiger partial charge in [-0.2, -0.15) is 5.26 Å². The third-order valence-corrected chi connectivity index (χ3v) is 6.86. The lowest BCUT2D eigenvalue weighted by molar-refractivity contribution is -0.122. The van der Waals surface area contributed by atoms with Gasteiger partial charge in [-0.25, -0.2) is 9.69 Å². The average Bonchev–Trinajstić information content (AvgIpc) is 3.29. The Morgan fingerprint density at radius 3 is 2.32 bits per heavy atom. The van der Waals surface area contributed by atoms with Gasteiger partial charge in [0.1, 0.15) is 5.54 Å². The molecule has 34 heavy (non-hydrogen) atoms. The highest BCUT2D eigenvalue weighted by Crippen LogP contribution is 2.42. The van der Waals surface area contributed by atoms with Crippen molar-refractivity contribution in [3.8, 4) is 6.07 Å². The number of nitriles is 1. The predicted octanol–water partition coefficient (Wildman–Crippen LogP) is 4.96. The van der Waals surface area contributed by atoms with Crippen molar-refractivity contribution in [2.45, 2.75) is 18.0 Å². The summed E-state index contributed by atoms with van der Waals surface area (Å²) in [6.45, 7) is 1.56. The third kappa shape index (κ3) is 3.92. The van der Waals surface area contributed by atoms with E-state index < -0.39 is 11.6 Å². The van der Waals surface area contributed by atoms with Crippen LogP contribution < -0.4 is 10.2 Å². The predicted molar refractivity (Wildman–Crippen MR) is 131 cm³/mol. The molecule has 8 heteroatoms. The summed E-state index contributed by atoms with van der Waals surface area (Å²) in [5.41, 5.74) is 1.71. The van der Waals surface area contributed by atoms with Crippen LogP contribution in [0.4, 0.5) is 10.5 Å². The molecule has 0 bridgehead atoms. The molecule has 0 saturated carbocycles. The molecule has 2 atom stereocenters. The molecule has 0 radical (unpaired) electrons. The van der Waals surface area contributed by atoms with Crippen LogP contribution in [0.2, 0.25) is 10.0 Å². The van der Waals surface area contributed by atoms with E-state index in [-0.39, 0.29) is 11.8 Å². The number of urea groups is 1. The molecule has 5 rings (SSSR count). The molecule has 2 saturated heterocycles. The van der Waals surface area contributed by atoms with E-state index in [1.807, 2.05) is 42.5 Å². The van der Waals surface area contributed by atoms with Gasteiger partial charge in [0.25, 0.3) is 5.91 Å². The molecule has 0 aliphatic carbocycles. The summed E-state index contributed by atoms with van der Waals surface area (Å²) >= 11 is 12.3. The van der Waals surface area contributed by atoms with Crippen molar-refractivity contribution in [1.29, 1.82) is 5.26 Å². The Labute approximate surface area is 207 Å². The first-order chi connectivity index (χ1) is 16.4. The van der Waals surface area contributed by atoms with Gasteiger partial charge < -0.3 is 5.32 Å². The van der Waals surface area contributed by atoms with Gasteiger partial charge in [0, 0.05) is 35.6 Å². The van der Waals surface area contributed by atoms with Crippen LogP contribution in [0.25, 0.3) is 0 Å². The zero-order valence-electron chi connectivity index (χ0n) is 18.0. The average molecular weight is 491 g/mol. The van der Waals surface area contributed by atoms with Gasteiger partial charge in [0.05, 0.1) is 17.3 Å². The number of benzene rings is 3. The molecule has 1 spiro atoms. The van der Waals surface area contributed by atoms with Crippen LogP contribution in [0.3, 0.4) is 0 Å². The number of rotatable bonds is 4. The van der Waals surface area contributed by atoms with Crippen molar-refractivity contribution >= 4 is 40.8 Å². The lowest BCUT2D eigenvalue weighted by atomic mass is 9.81. The first-order valence-corrected chi connectivity index (χ1v) is 11.5. The number of imide groups is 1. The summed E-state index contributed by atoms with van der Waals surface area (Å²) < 4.78 is 0. The Morgan fingerprint density at radius 1 is 1.00 bits per heavy atom. The molecule has 3 aromatic rings. The molecule has 0 unspecified atom stereocenters. The highest BCUT2D eigenvalue weighted by Gasteiger charge is 2.60. The minimum atomic E-state index is -1.16. The van der Waals surface area contributed by atoms with Crippen LogP contribution in [0.5, 0.6) is 0 Å². The van der Waals surface area contributed by atoms with Gasteiger partial charge >= 0.3 is 6.03 Å². The van der Waals surface area contributed by atoms with Crippen molar-refractivity contribution in [2.24, 2.45) is 0 Å². The van der Waals surface area contributed by atoms with E-state index in [1.165, 1.54) is 0 Å². The number of hydrogen-bond acceptors (Lipinski definition) is 4. The Kier molecular flexibility index (Phi) is 5.78. The normalized spacial score (nSPS) is 22.3. The number of carbonyl (C=O) groups is 2. The second-order valence-corrected chi connectivity index (χ2v) is 9.48. The molecule has 2 aliphatic heterocycles. The lowest BCUT2D eigenvalue weighted by Gasteiger charge is -2.28. The molecule has 2 fully saturated rings. The highest BCUT2D eigenvalue weighted by molar-refractivity contribution is 6.35. The Morgan fingerprint density at radius 2 is 1.68 bits per heavy atom. The highest BCUT2D eigenvalue weighted by atomic mass is 35.5. The summed E-state index contributed by atoms with van der Waals surface area (Å²) in [7, 11) is 0. The van der Waals surface area contributed by atoms with Crippen LogP contribution in [0.15, 0.2) is 72.8 Å². The van der Waals surface area contributed by atoms with E-state index in [0.717, 1.165) is 16.0 Å². The second kappa shape index (κ2) is 8.77. The molecule has 0 aromatic heterocycles. The summed E-state index contributed by atoms with van der Waals surface area (Å²) in [4.78, 5) is 30.4. The number of carbonyl (C=O) groups excluding carboxylic acids is 2. The zero-order chi connectivity index (χ0) is 23.9. The standard InChI is InChI=1S/C26H20Cl2N4O2/c27-20-10-21(28)12-22(11-20)32-24(33)26(30-25(32)34)16-31(14-18-4-2-1-3-5-18)15-23(26)19-8-6-17(13-29)7-9-19/h1-12,23H,14-16H2,(H,30,34)/t23-,26+/m0/s1. The quantitative estimate of drug-likeness (QED) is 0.524. The van der Waals surface area contributed by atoms with Crippen molar-refractivity contribution in [1.82, 2.24) is 10.2 Å². The number of likely N-dealkylation sites (tertiary alicyclic amines) is 1. The molecule has 3 amide bonds. The van der Waals surface area contributed by atoms with Crippen molar-refractivity contribution in [3.05, 3.63) is 99.5 Å². The van der Waals surface area contributed by atoms with E-state index in [0.29, 0.717) is 40.9 Å². The number of nitrogens with one attached hydrogen (secondary N) is 1. The fourth-order valence-corrected chi connectivity index (χ4v) is 5.44. The fourth-order valence-electron chi connectivity index (χ4n) is 4.92. The Balaban J connectivity index is 1.54. The van der Waals surface area contributed by atoms with Crippen LogP contribution >= 0.6 is 23.2 Å². The van der Waals surface area contributed by atoms with Gasteiger partial charge in [0.15, 0.2) is 0 Å². The molecule has 3 aromatic carbocycles. The molecule has 6 nitrogen and oxygen atoms in total. The van der Waals surface area contributed by atoms with Gasteiger partial charge in [-0.3, -0.25) is 9.69 Å². The number of nitrogens with zero attached hydrogens (tertiary/aromatic N) is 3. The van der Waals surface area contributed by atoms with E-state index in [1.54, 1.807) is 30.3 Å². The van der Waals surface area contributed by atoms with Gasteiger partial charge in [-0.1, -0.05) is 65.7 Å². The zero-order valence-corrected chi connectivity index (χ0v) is 19.6. The monoisotopic (exact) mass is 490 g/mol. The Bertz CT molecular complexity index is 1290. The number of hydrogen-bond donors (Lipinski definition) is 1. The maximum atomic E-state index is 13.9. The molecule has 170 valence electrons. The summed E-state index contributed by atoms with van der Waals surface area (Å²) in [5.74, 6) is -0.652. The molecular formula is C26H20Cl2N4O2. The first-order valence-electron chi connectivity index (χ1n) is 10.8. The molecular weight excluding hydrogens is 471 g/mol. The minimum absolute atomic E-state index is 0.305. The minimum Gasteiger partial charge on any atom is -0.321 e. The SMILES string of the molecule is N#Cc1ccc([C@@H]2CN(Cc3ccccc3)C[C@@]23NC(=O)N(c2cc(Cl)cc(Cl)c2)C3=O)cc1. The third-order valence-electron chi connectivity index (χ3n) is 6.42. The van der Waals surface area contributed by atoms with E-state index in [2.05, 4.69) is 16.3 Å². The van der Waals surface area contributed by atoms with Crippen LogP contribution in [0, 0.1) is 11.3 Å². The Hall–Kier alpha value is -3.37. The fraction of sp³-hybridized carbons (Fsp3) is 0.192. The number of amides is 3. The topological polar surface area (TPSA) is 76.4 Å². The van der Waals surface area contributed by atoms with Gasteiger partial charge in [-0.15, -0.1) is 0 Å². The maximum absolute atomic E-state index is 13.9. The van der Waals surface area contributed by atoms with Crippen molar-refractivity contribution in [3.63, 3.8) is 0 Å². The molecule has 2 heterocycles. The van der Waals surface area contributed by atoms with E-state index >= 15 is 0 Å². The largest absolute Gasteiger partial charge is 0.329 e.